The summed E-state index contributed by atoms with van der Waals surface area (Å²) in [5, 5.41) is 13.7. The number of alkyl halides is 2. The first-order valence-corrected chi connectivity index (χ1v) is 20.6. The van der Waals surface area contributed by atoms with Crippen molar-refractivity contribution in [2.24, 2.45) is 26.4 Å². The molecule has 0 bridgehead atoms. The Labute approximate surface area is 383 Å². The molecule has 3 aliphatic heterocycles. The first kappa shape index (κ1) is 54.3. The molecular formula is C36H48F2N12O18. The quantitative estimate of drug-likeness (QED) is 0.0586. The summed E-state index contributed by atoms with van der Waals surface area (Å²) < 4.78 is 102. The minimum absolute atomic E-state index is 0.187. The normalized spacial score (nSPS) is 34.9. The first-order chi connectivity index (χ1) is 32.1. The molecule has 374 valence electrons. The van der Waals surface area contributed by atoms with Crippen LogP contribution >= 0.6 is 0 Å². The van der Waals surface area contributed by atoms with Crippen LogP contribution in [-0.2, 0) is 85.6 Å². The highest BCUT2D eigenvalue weighted by atomic mass is 19.3. The highest BCUT2D eigenvalue weighted by molar-refractivity contribution is 5.68. The monoisotopic (exact) mass is 974 g/mol. The lowest BCUT2D eigenvalue weighted by atomic mass is 9.80. The summed E-state index contributed by atoms with van der Waals surface area (Å²) >= 11 is 0. The van der Waals surface area contributed by atoms with Crippen LogP contribution in [0.1, 0.15) is 61.3 Å². The molecule has 1 aliphatic carbocycles. The lowest BCUT2D eigenvalue weighted by Gasteiger charge is -2.49. The van der Waals surface area contributed by atoms with E-state index in [-0.39, 0.29) is 12.8 Å². The van der Waals surface area contributed by atoms with Crippen molar-refractivity contribution in [1.82, 2.24) is 0 Å². The average molecular weight is 975 g/mol. The maximum absolute atomic E-state index is 16.3. The van der Waals surface area contributed by atoms with Gasteiger partial charge in [0, 0.05) is 67.6 Å². The molecule has 17 atom stereocenters. The van der Waals surface area contributed by atoms with Crippen molar-refractivity contribution in [3.8, 4) is 0 Å². The van der Waals surface area contributed by atoms with Crippen molar-refractivity contribution in [2.45, 2.75) is 165 Å². The van der Waals surface area contributed by atoms with Gasteiger partial charge in [-0.1, -0.05) is 27.4 Å². The molecular weight excluding hydrogens is 926 g/mol. The molecule has 0 aromatic heterocycles. The van der Waals surface area contributed by atoms with E-state index in [1.807, 2.05) is 0 Å². The Morgan fingerprint density at radius 3 is 1.68 bits per heavy atom. The van der Waals surface area contributed by atoms with E-state index < -0.39 is 165 Å². The van der Waals surface area contributed by atoms with Crippen LogP contribution in [0.25, 0.3) is 41.8 Å². The number of carbonyl (C=O) groups is 6. The smallest absolute Gasteiger partial charge is 0.303 e. The molecule has 32 heteroatoms. The Kier molecular flexibility index (Phi) is 19.7. The number of nitrogens with zero attached hydrogens (tertiary/aromatic N) is 12. The molecule has 3 heterocycles. The number of halogens is 2. The Hall–Kier alpha value is -6.32. The minimum atomic E-state index is -4.27. The zero-order chi connectivity index (χ0) is 50.5. The van der Waals surface area contributed by atoms with Crippen LogP contribution in [0.2, 0.25) is 0 Å². The molecule has 4 aliphatic rings. The predicted octanol–water partition coefficient (Wildman–Crippen LogP) is 3.58. The molecule has 4 rings (SSSR count). The van der Waals surface area contributed by atoms with Gasteiger partial charge in [0.15, 0.2) is 43.2 Å². The van der Waals surface area contributed by atoms with Crippen LogP contribution in [0, 0.1) is 5.92 Å². The molecule has 0 N–H and O–H groups in total. The van der Waals surface area contributed by atoms with E-state index in [0.717, 1.165) is 41.5 Å². The van der Waals surface area contributed by atoms with E-state index in [1.54, 1.807) is 0 Å². The van der Waals surface area contributed by atoms with Crippen LogP contribution in [0.3, 0.4) is 0 Å². The van der Waals surface area contributed by atoms with E-state index in [1.165, 1.54) is 6.92 Å². The molecule has 0 aromatic rings. The molecule has 0 radical (unpaired) electrons. The zero-order valence-electron chi connectivity index (χ0n) is 37.3. The van der Waals surface area contributed by atoms with Crippen LogP contribution in [0.4, 0.5) is 8.78 Å². The van der Waals surface area contributed by atoms with Gasteiger partial charge in [-0.2, -0.15) is 0 Å². The van der Waals surface area contributed by atoms with E-state index >= 15 is 8.78 Å². The van der Waals surface area contributed by atoms with Crippen molar-refractivity contribution in [3.63, 3.8) is 0 Å². The lowest BCUT2D eigenvalue weighted by Crippen LogP contribution is -2.66. The predicted molar refractivity (Wildman–Crippen MR) is 212 cm³/mol. The van der Waals surface area contributed by atoms with Crippen LogP contribution < -0.4 is 0 Å². The van der Waals surface area contributed by atoms with E-state index in [2.05, 4.69) is 40.1 Å². The molecule has 4 fully saturated rings. The molecule has 0 amide bonds. The fourth-order valence-corrected chi connectivity index (χ4v) is 8.08. The number of hydrogen-bond acceptors (Lipinski definition) is 22. The van der Waals surface area contributed by atoms with Gasteiger partial charge in [0.25, 0.3) is 5.92 Å². The van der Waals surface area contributed by atoms with Crippen LogP contribution in [0.15, 0.2) is 20.5 Å². The molecule has 0 aromatic carbocycles. The second kappa shape index (κ2) is 24.6. The largest absolute Gasteiger partial charge is 0.463 e. The van der Waals surface area contributed by atoms with E-state index in [9.17, 15) is 39.8 Å². The van der Waals surface area contributed by atoms with Crippen molar-refractivity contribution in [2.75, 3.05) is 19.7 Å². The van der Waals surface area contributed by atoms with Crippen LogP contribution in [-0.4, -0.2) is 160 Å². The summed E-state index contributed by atoms with van der Waals surface area (Å²) in [6, 6.07) is -3.88. The standard InChI is InChI=1S/C36H48F2N12O18/c1-13-8-20(45-49-41)27(59-16(4)53)30(26(13)67-35-32(46-50-42)36(37,38)33(62-19(7)56)23(64-35)11-44-48-40)68-34-31(61-18(6)55)29(24(65-34)12-57-14(2)51)66-25-9-21(58-15(3)52)28(60-17(5)54)22(63-25)10-43-47-39/h13,20-35H,8-12H2,1-7H3/t13-,20?,21+,22-,23+,24+,25+,26+,27-,28-,29+,30-,31+,32?,33+,34-,35+/m0/s1. The van der Waals surface area contributed by atoms with Gasteiger partial charge in [-0.25, -0.2) is 8.78 Å². The summed E-state index contributed by atoms with van der Waals surface area (Å²) in [6.07, 6.45) is -24.4. The van der Waals surface area contributed by atoms with Crippen molar-refractivity contribution >= 4 is 35.8 Å². The molecule has 30 nitrogen and oxygen atoms in total. The second-order valence-corrected chi connectivity index (χ2v) is 15.6. The lowest BCUT2D eigenvalue weighted by molar-refractivity contribution is -0.335. The average Bonchev–Trinajstić information content (AvgIpc) is 3.54. The summed E-state index contributed by atoms with van der Waals surface area (Å²) in [6.45, 7) is 5.50. The second-order valence-electron chi connectivity index (χ2n) is 15.6. The van der Waals surface area contributed by atoms with Gasteiger partial charge in [-0.15, -0.1) is 0 Å². The van der Waals surface area contributed by atoms with E-state index in [0.29, 0.717) is 0 Å². The Bertz CT molecular complexity index is 2060. The first-order valence-electron chi connectivity index (χ1n) is 20.6. The van der Waals surface area contributed by atoms with Gasteiger partial charge in [-0.3, -0.25) is 28.8 Å². The Morgan fingerprint density at radius 2 is 1.12 bits per heavy atom. The van der Waals surface area contributed by atoms with Crippen LogP contribution in [0.5, 0.6) is 0 Å². The SMILES string of the molecule is CC(=O)OC[C@H]1O[C@@H](O[C@H]2[C@H](O[C@H]3O[C@H](CN=[N+]=[N-])[C@@H](OC(C)=O)C(F)(F)C3N=[N+]=[N-])[C@@H](C)CC(N=[N+]=[N-])[C@@H]2OC(C)=O)[C@H](OC(C)=O)[C@@H]1O[C@@H]1C[C@@H](OC(C)=O)[C@H](OC(C)=O)[C@H](CN=[N+]=[N-])O1. The summed E-state index contributed by atoms with van der Waals surface area (Å²) in [4.78, 5) is 84.5. The minimum Gasteiger partial charge on any atom is -0.463 e. The number of rotatable bonds is 19. The molecule has 1 saturated carbocycles. The molecule has 2 unspecified atom stereocenters. The number of ether oxygens (including phenoxy) is 12. The third-order valence-corrected chi connectivity index (χ3v) is 10.5. The Balaban J connectivity index is 1.83. The highest BCUT2D eigenvalue weighted by Gasteiger charge is 2.63. The van der Waals surface area contributed by atoms with Gasteiger partial charge in [0.2, 0.25) is 0 Å². The number of azide groups is 4. The van der Waals surface area contributed by atoms with Crippen molar-refractivity contribution < 1.29 is 94.4 Å². The van der Waals surface area contributed by atoms with E-state index in [4.69, 9.17) is 67.9 Å². The molecule has 68 heavy (non-hydrogen) atoms. The van der Waals surface area contributed by atoms with Gasteiger partial charge < -0.3 is 56.8 Å². The summed E-state index contributed by atoms with van der Waals surface area (Å²) in [7, 11) is 0. The third kappa shape index (κ3) is 14.1. The molecule has 3 saturated heterocycles. The maximum atomic E-state index is 16.3. The third-order valence-electron chi connectivity index (χ3n) is 10.5. The summed E-state index contributed by atoms with van der Waals surface area (Å²) in [5.74, 6) is -10.8. The van der Waals surface area contributed by atoms with Gasteiger partial charge >= 0.3 is 35.8 Å². The number of hydrogen-bond donors (Lipinski definition) is 0. The molecule has 0 spiro atoms. The zero-order valence-corrected chi connectivity index (χ0v) is 37.3. The van der Waals surface area contributed by atoms with Gasteiger partial charge in [0.05, 0.1) is 25.2 Å². The van der Waals surface area contributed by atoms with Gasteiger partial charge in [-0.05, 0) is 34.5 Å². The fraction of sp³-hybridized carbons (Fsp3) is 0.833. The highest BCUT2D eigenvalue weighted by Crippen LogP contribution is 2.44. The maximum Gasteiger partial charge on any atom is 0.303 e. The fourth-order valence-electron chi connectivity index (χ4n) is 8.08. The van der Waals surface area contributed by atoms with Crippen molar-refractivity contribution in [3.05, 3.63) is 41.8 Å². The summed E-state index contributed by atoms with van der Waals surface area (Å²) in [5.41, 5.74) is 37.1. The Morgan fingerprint density at radius 1 is 0.574 bits per heavy atom. The number of esters is 6. The van der Waals surface area contributed by atoms with Crippen molar-refractivity contribution in [1.29, 1.82) is 0 Å². The number of carbonyl (C=O) groups excluding carboxylic acids is 6. The van der Waals surface area contributed by atoms with Gasteiger partial charge in [0.1, 0.15) is 49.3 Å². The topological polar surface area (TPSA) is 408 Å².